The van der Waals surface area contributed by atoms with E-state index in [2.05, 4.69) is 92.5 Å². The second kappa shape index (κ2) is 40.5. The number of aryl methyl sites for hydroxylation is 1. The Bertz CT molecular complexity index is 7000. The van der Waals surface area contributed by atoms with E-state index in [4.69, 9.17) is 53.5 Å². The average molecular weight is 1840 g/mol. The number of carbonyl (C=O) groups excluding carboxylic acids is 1. The van der Waals surface area contributed by atoms with Gasteiger partial charge in [0, 0.05) is 125 Å². The zero-order valence-corrected chi connectivity index (χ0v) is 74.7. The summed E-state index contributed by atoms with van der Waals surface area (Å²) >= 11 is 1.60. The fourth-order valence-electron chi connectivity index (χ4n) is 15.3. The number of furan rings is 1. The van der Waals surface area contributed by atoms with Crippen LogP contribution in [0.5, 0.6) is 0 Å². The van der Waals surface area contributed by atoms with E-state index in [9.17, 15) is 38.5 Å². The molecule has 4 aliphatic heterocycles. The van der Waals surface area contributed by atoms with Crippen LogP contribution in [0.2, 0.25) is 0 Å². The molecule has 0 aliphatic carbocycles. The van der Waals surface area contributed by atoms with Crippen LogP contribution < -0.4 is 0 Å². The SMILES string of the molecule is CCc1ccc2c(C3=CCN(C)CC3)cn(S(=O)(=O)c3ccc4c(ccn4C(C)=O)c3)c2n1.CN1CC=C(c2nn(S(=O)(=O)c3ccc4occc4c3)c3ccccc23)CC1.CN1CC=C(c2nn(S(=O)(=O)c3ccc4oncc4c3)c3ccccc23)CC1.CN1CC=C(c2nn(S(=O)(=O)c3ccc4sccc4c3)c3ccccc23)CC1.O=CO.O=CO.O=CO.O=CO. The van der Waals surface area contributed by atoms with Gasteiger partial charge in [0.05, 0.1) is 71.2 Å². The molecule has 129 heavy (non-hydrogen) atoms. The molecule has 0 saturated carbocycles. The van der Waals surface area contributed by atoms with Gasteiger partial charge in [-0.2, -0.15) is 52.8 Å². The Kier molecular flexibility index (Phi) is 29.2. The first-order valence-electron chi connectivity index (χ1n) is 40.3. The molecule has 0 unspecified atom stereocenters. The lowest BCUT2D eigenvalue weighted by molar-refractivity contribution is -0.123. The zero-order chi connectivity index (χ0) is 92.1. The number of likely N-dealkylation sites (N-methyl/N-ethyl adjacent to an activating group) is 4. The Labute approximate surface area is 745 Å². The van der Waals surface area contributed by atoms with Crippen molar-refractivity contribution < 1.29 is 87.0 Å². The number of aromatic nitrogens is 10. The standard InChI is InChI=1S/C25H26N4O3S.C21H19N3O3S.C21H19N3O2S2.C20H18N4O3S.4CH2O2/c1-4-20-5-7-22-23(18-9-12-27(3)13-10-18)16-29(25(22)26-20)33(31,32)21-6-8-24-19(15-21)11-14-28(24)17(2)30;2*1-23-11-8-15(9-12-23)21-18-4-2-3-5-19(18)24(22-21)28(25,26)17-6-7-20-16(14-17)10-13-27-20;1-23-10-8-14(9-11-23)20-17-4-2-3-5-18(17)24(22-20)28(25,26)16-6-7-19-15(12-16)13-21-27-19;4*2-1-3/h5-9,11,14-16H,4,10,12-13H2,1-3H3;2*2-8,10,13-14H,9,11-12H2,1H3;2-8,12-13H,9-11H2,1H3;4*1H,(H,2,3). The molecule has 7 aromatic carbocycles. The van der Waals surface area contributed by atoms with E-state index in [0.717, 1.165) is 174 Å². The normalized spacial score (nSPS) is 14.7. The van der Waals surface area contributed by atoms with Gasteiger partial charge in [0.25, 0.3) is 66.0 Å². The summed E-state index contributed by atoms with van der Waals surface area (Å²) in [6.07, 6.45) is 19.1. The molecular formula is C91H90N14O19S5. The summed E-state index contributed by atoms with van der Waals surface area (Å²) < 4.78 is 126. The topological polar surface area (TPSA) is 431 Å². The molecule has 16 aromatic rings. The number of nitrogens with zero attached hydrogens (tertiary/aromatic N) is 14. The molecule has 0 atom stereocenters. The number of benzene rings is 7. The molecule has 0 saturated heterocycles. The molecule has 38 heteroatoms. The Hall–Kier alpha value is -13.7. The molecule has 0 amide bonds. The van der Waals surface area contributed by atoms with E-state index in [-0.39, 0.29) is 51.4 Å². The summed E-state index contributed by atoms with van der Waals surface area (Å²) in [5, 5.41) is 53.4. The lowest BCUT2D eigenvalue weighted by Gasteiger charge is -2.21. The van der Waals surface area contributed by atoms with Gasteiger partial charge in [0.1, 0.15) is 5.58 Å². The van der Waals surface area contributed by atoms with Gasteiger partial charge in [-0.25, -0.2) is 17.4 Å². The predicted octanol–water partition coefficient (Wildman–Crippen LogP) is 14.1. The quantitative estimate of drug-likeness (QED) is 0.0779. The minimum Gasteiger partial charge on any atom is -0.483 e. The van der Waals surface area contributed by atoms with Gasteiger partial charge >= 0.3 is 0 Å². The van der Waals surface area contributed by atoms with Crippen molar-refractivity contribution in [3.63, 3.8) is 0 Å². The molecule has 0 fully saturated rings. The van der Waals surface area contributed by atoms with Crippen molar-refractivity contribution in [3.05, 3.63) is 259 Å². The molecule has 0 radical (unpaired) electrons. The molecular weight excluding hydrogens is 1750 g/mol. The van der Waals surface area contributed by atoms with E-state index in [1.54, 1.807) is 115 Å². The molecule has 4 N–H and O–H groups in total. The summed E-state index contributed by atoms with van der Waals surface area (Å²) in [6, 6.07) is 51.5. The third-order valence-electron chi connectivity index (χ3n) is 21.9. The van der Waals surface area contributed by atoms with Crippen LogP contribution in [-0.2, 0) is 65.7 Å². The van der Waals surface area contributed by atoms with Gasteiger partial charge in [0.2, 0.25) is 5.91 Å². The van der Waals surface area contributed by atoms with Gasteiger partial charge in [-0.15, -0.1) is 11.3 Å². The molecule has 33 nitrogen and oxygen atoms in total. The van der Waals surface area contributed by atoms with E-state index in [1.165, 1.54) is 31.8 Å². The number of hydrogen-bond acceptors (Lipinski definition) is 25. The molecule has 668 valence electrons. The first-order chi connectivity index (χ1) is 62.1. The van der Waals surface area contributed by atoms with E-state index in [1.807, 2.05) is 97.2 Å². The molecule has 4 aliphatic rings. The van der Waals surface area contributed by atoms with Crippen molar-refractivity contribution in [1.82, 2.24) is 65.8 Å². The van der Waals surface area contributed by atoms with Crippen LogP contribution in [0, 0.1) is 0 Å². The molecule has 0 spiro atoms. The lowest BCUT2D eigenvalue weighted by atomic mass is 10.00. The van der Waals surface area contributed by atoms with Gasteiger partial charge in [-0.1, -0.05) is 91.0 Å². The minimum atomic E-state index is -3.90. The third-order valence-corrected chi connectivity index (χ3v) is 29.2. The van der Waals surface area contributed by atoms with Crippen LogP contribution in [0.25, 0.3) is 109 Å². The number of rotatable bonds is 13. The molecule has 9 aromatic heterocycles. The maximum absolute atomic E-state index is 13.8. The second-order valence-electron chi connectivity index (χ2n) is 30.1. The maximum Gasteiger partial charge on any atom is 0.290 e. The Morgan fingerprint density at radius 1 is 0.450 bits per heavy atom. The number of carboxylic acid groups (broad SMARTS) is 4. The average Bonchev–Trinajstić information content (AvgIpc) is 1.61. The Balaban J connectivity index is 0.000000141. The van der Waals surface area contributed by atoms with Crippen LogP contribution in [-0.4, -0.2) is 232 Å². The van der Waals surface area contributed by atoms with Crippen molar-refractivity contribution in [2.24, 2.45) is 0 Å². The lowest BCUT2D eigenvalue weighted by Crippen LogP contribution is -2.24. The summed E-state index contributed by atoms with van der Waals surface area (Å²) in [6.45, 7) is 9.53. The third kappa shape index (κ3) is 19.9. The van der Waals surface area contributed by atoms with E-state index >= 15 is 0 Å². The zero-order valence-electron chi connectivity index (χ0n) is 70.7. The first-order valence-corrected chi connectivity index (χ1v) is 46.9. The van der Waals surface area contributed by atoms with Gasteiger partial charge < -0.3 is 49.0 Å². The van der Waals surface area contributed by atoms with Gasteiger partial charge in [0.15, 0.2) is 11.2 Å². The maximum atomic E-state index is 13.8. The highest BCUT2D eigenvalue weighted by Crippen LogP contribution is 2.38. The van der Waals surface area contributed by atoms with E-state index < -0.39 is 40.1 Å². The van der Waals surface area contributed by atoms with Crippen molar-refractivity contribution in [3.8, 4) is 0 Å². The van der Waals surface area contributed by atoms with Crippen molar-refractivity contribution in [1.29, 1.82) is 0 Å². The van der Waals surface area contributed by atoms with Crippen LogP contribution >= 0.6 is 11.3 Å². The van der Waals surface area contributed by atoms with E-state index in [0.29, 0.717) is 56.1 Å². The Morgan fingerprint density at radius 2 is 0.868 bits per heavy atom. The number of thiophene rings is 1. The smallest absolute Gasteiger partial charge is 0.290 e. The first kappa shape index (κ1) is 93.0. The second-order valence-corrected chi connectivity index (χ2v) is 38.2. The molecule has 20 rings (SSSR count). The summed E-state index contributed by atoms with van der Waals surface area (Å²) in [7, 11) is -7.10. The van der Waals surface area contributed by atoms with Crippen LogP contribution in [0.1, 0.15) is 72.7 Å². The highest BCUT2D eigenvalue weighted by atomic mass is 32.2. The number of para-hydroxylation sites is 3. The van der Waals surface area contributed by atoms with Crippen molar-refractivity contribution in [2.45, 2.75) is 65.5 Å². The highest BCUT2D eigenvalue weighted by Gasteiger charge is 2.31. The van der Waals surface area contributed by atoms with Gasteiger partial charge in [-0.3, -0.25) is 28.5 Å². The number of pyridine rings is 1. The number of hydrogen-bond donors (Lipinski definition) is 4. The largest absolute Gasteiger partial charge is 0.483 e. The summed E-state index contributed by atoms with van der Waals surface area (Å²) in [5.41, 5.74) is 12.5. The van der Waals surface area contributed by atoms with Gasteiger partial charge in [-0.05, 0) is 215 Å². The van der Waals surface area contributed by atoms with Crippen LogP contribution in [0.4, 0.5) is 0 Å². The summed E-state index contributed by atoms with van der Waals surface area (Å²) in [4.78, 5) is 59.6. The minimum absolute atomic E-state index is 0.121. The number of carbonyl (C=O) groups is 5. The predicted molar refractivity (Wildman–Crippen MR) is 494 cm³/mol. The number of fused-ring (bicyclic) bond motifs is 8. The summed E-state index contributed by atoms with van der Waals surface area (Å²) in [5.74, 6) is -0.121. The fourth-order valence-corrected chi connectivity index (χ4v) is 21.4. The van der Waals surface area contributed by atoms with Crippen LogP contribution in [0.15, 0.2) is 259 Å². The fraction of sp³-hybridized carbons (Fsp3) is 0.209. The van der Waals surface area contributed by atoms with Crippen LogP contribution in [0.3, 0.4) is 0 Å². The van der Waals surface area contributed by atoms with Crippen molar-refractivity contribution in [2.75, 3.05) is 80.5 Å². The highest BCUT2D eigenvalue weighted by molar-refractivity contribution is 7.91. The monoisotopic (exact) mass is 1840 g/mol. The van der Waals surface area contributed by atoms with Crippen molar-refractivity contribution >= 4 is 192 Å². The molecule has 13 heterocycles. The Morgan fingerprint density at radius 3 is 1.33 bits per heavy atom. The molecule has 0 bridgehead atoms.